The SMILES string of the molecule is CCc1cc(C(=O)O)c(C#N)cc1S. The van der Waals surface area contributed by atoms with E-state index in [1.165, 1.54) is 12.1 Å². The molecular formula is C10H9NO2S. The highest BCUT2D eigenvalue weighted by Gasteiger charge is 2.12. The van der Waals surface area contributed by atoms with Crippen LogP contribution in [0.4, 0.5) is 0 Å². The zero-order valence-corrected chi connectivity index (χ0v) is 8.51. The molecule has 1 aromatic carbocycles. The summed E-state index contributed by atoms with van der Waals surface area (Å²) in [5, 5.41) is 17.5. The van der Waals surface area contributed by atoms with Crippen LogP contribution in [0.3, 0.4) is 0 Å². The van der Waals surface area contributed by atoms with E-state index >= 15 is 0 Å². The molecule has 0 amide bonds. The largest absolute Gasteiger partial charge is 0.478 e. The van der Waals surface area contributed by atoms with Crippen molar-refractivity contribution in [2.45, 2.75) is 18.2 Å². The van der Waals surface area contributed by atoms with Crippen molar-refractivity contribution in [2.24, 2.45) is 0 Å². The molecule has 14 heavy (non-hydrogen) atoms. The lowest BCUT2D eigenvalue weighted by molar-refractivity contribution is 0.0696. The van der Waals surface area contributed by atoms with Gasteiger partial charge in [-0.25, -0.2) is 4.79 Å². The Balaban J connectivity index is 3.42. The van der Waals surface area contributed by atoms with Crippen LogP contribution in [-0.2, 0) is 6.42 Å². The summed E-state index contributed by atoms with van der Waals surface area (Å²) in [5.41, 5.74) is 1.03. The molecule has 0 radical (unpaired) electrons. The minimum atomic E-state index is -1.08. The third kappa shape index (κ3) is 1.88. The second kappa shape index (κ2) is 4.16. The van der Waals surface area contributed by atoms with E-state index in [1.54, 1.807) is 0 Å². The van der Waals surface area contributed by atoms with Crippen LogP contribution in [0.25, 0.3) is 0 Å². The molecule has 3 nitrogen and oxygen atoms in total. The van der Waals surface area contributed by atoms with Crippen LogP contribution < -0.4 is 0 Å². The summed E-state index contributed by atoms with van der Waals surface area (Å²) in [6.07, 6.45) is 0.699. The number of benzene rings is 1. The van der Waals surface area contributed by atoms with E-state index in [-0.39, 0.29) is 11.1 Å². The van der Waals surface area contributed by atoms with Gasteiger partial charge in [0.25, 0.3) is 0 Å². The predicted octanol–water partition coefficient (Wildman–Crippen LogP) is 2.11. The number of aryl methyl sites for hydroxylation is 1. The van der Waals surface area contributed by atoms with E-state index in [1.807, 2.05) is 13.0 Å². The molecule has 0 atom stereocenters. The van der Waals surface area contributed by atoms with Crippen molar-refractivity contribution in [3.05, 3.63) is 28.8 Å². The molecule has 0 saturated heterocycles. The number of nitriles is 1. The molecule has 0 unspecified atom stereocenters. The Kier molecular flexibility index (Phi) is 3.15. The number of thiol groups is 1. The average molecular weight is 207 g/mol. The quantitative estimate of drug-likeness (QED) is 0.730. The maximum absolute atomic E-state index is 10.8. The fourth-order valence-corrected chi connectivity index (χ4v) is 1.54. The maximum atomic E-state index is 10.8. The van der Waals surface area contributed by atoms with Gasteiger partial charge >= 0.3 is 5.97 Å². The lowest BCUT2D eigenvalue weighted by atomic mass is 10.0. The summed E-state index contributed by atoms with van der Waals surface area (Å²) >= 11 is 4.17. The highest BCUT2D eigenvalue weighted by atomic mass is 32.1. The van der Waals surface area contributed by atoms with E-state index in [2.05, 4.69) is 12.6 Å². The highest BCUT2D eigenvalue weighted by Crippen LogP contribution is 2.20. The molecule has 1 aromatic rings. The number of hydrogen-bond donors (Lipinski definition) is 2. The van der Waals surface area contributed by atoms with Gasteiger partial charge < -0.3 is 5.11 Å². The minimum Gasteiger partial charge on any atom is -0.478 e. The van der Waals surface area contributed by atoms with Crippen molar-refractivity contribution in [1.29, 1.82) is 5.26 Å². The monoisotopic (exact) mass is 207 g/mol. The first kappa shape index (κ1) is 10.6. The molecule has 4 heteroatoms. The van der Waals surface area contributed by atoms with Crippen LogP contribution in [0.2, 0.25) is 0 Å². The Morgan fingerprint density at radius 3 is 2.71 bits per heavy atom. The zero-order chi connectivity index (χ0) is 10.7. The molecule has 0 aliphatic heterocycles. The van der Waals surface area contributed by atoms with Crippen LogP contribution in [0.5, 0.6) is 0 Å². The number of carboxylic acids is 1. The van der Waals surface area contributed by atoms with Crippen molar-refractivity contribution in [1.82, 2.24) is 0 Å². The van der Waals surface area contributed by atoms with Crippen LogP contribution >= 0.6 is 12.6 Å². The van der Waals surface area contributed by atoms with E-state index < -0.39 is 5.97 Å². The van der Waals surface area contributed by atoms with Gasteiger partial charge in [0.1, 0.15) is 6.07 Å². The van der Waals surface area contributed by atoms with E-state index in [4.69, 9.17) is 10.4 Å². The molecule has 1 N–H and O–H groups in total. The van der Waals surface area contributed by atoms with Crippen molar-refractivity contribution < 1.29 is 9.90 Å². The molecule has 0 saturated carbocycles. The molecule has 0 heterocycles. The Bertz CT molecular complexity index is 421. The fourth-order valence-electron chi connectivity index (χ4n) is 1.19. The lowest BCUT2D eigenvalue weighted by Crippen LogP contribution is -2.02. The van der Waals surface area contributed by atoms with Gasteiger partial charge in [0.15, 0.2) is 0 Å². The van der Waals surface area contributed by atoms with Crippen LogP contribution in [0.15, 0.2) is 17.0 Å². The number of nitrogens with zero attached hydrogens (tertiary/aromatic N) is 1. The topological polar surface area (TPSA) is 61.1 Å². The summed E-state index contributed by atoms with van der Waals surface area (Å²) in [5.74, 6) is -1.08. The normalized spacial score (nSPS) is 9.50. The average Bonchev–Trinajstić information content (AvgIpc) is 2.16. The maximum Gasteiger partial charge on any atom is 0.337 e. The molecule has 0 bridgehead atoms. The Morgan fingerprint density at radius 1 is 1.64 bits per heavy atom. The molecule has 1 rings (SSSR count). The van der Waals surface area contributed by atoms with Gasteiger partial charge in [-0.05, 0) is 24.1 Å². The van der Waals surface area contributed by atoms with Crippen molar-refractivity contribution in [3.63, 3.8) is 0 Å². The summed E-state index contributed by atoms with van der Waals surface area (Å²) in [6, 6.07) is 4.83. The summed E-state index contributed by atoms with van der Waals surface area (Å²) in [6.45, 7) is 1.91. The van der Waals surface area contributed by atoms with Gasteiger partial charge in [-0.3, -0.25) is 0 Å². The Labute approximate surface area is 87.4 Å². The Hall–Kier alpha value is -1.47. The molecule has 0 spiro atoms. The smallest absolute Gasteiger partial charge is 0.337 e. The van der Waals surface area contributed by atoms with Crippen molar-refractivity contribution in [2.75, 3.05) is 0 Å². The zero-order valence-electron chi connectivity index (χ0n) is 7.61. The molecule has 72 valence electrons. The summed E-state index contributed by atoms with van der Waals surface area (Å²) in [7, 11) is 0. The second-order valence-corrected chi connectivity index (χ2v) is 3.28. The van der Waals surface area contributed by atoms with Crippen LogP contribution in [0.1, 0.15) is 28.4 Å². The van der Waals surface area contributed by atoms with Crippen molar-refractivity contribution >= 4 is 18.6 Å². The standard InChI is InChI=1S/C10H9NO2S/c1-2-6-3-8(10(12)13)7(5-11)4-9(6)14/h3-4,14H,2H2,1H3,(H,12,13). The fraction of sp³-hybridized carbons (Fsp3) is 0.200. The van der Waals surface area contributed by atoms with Gasteiger partial charge in [-0.1, -0.05) is 6.92 Å². The van der Waals surface area contributed by atoms with Crippen LogP contribution in [0, 0.1) is 11.3 Å². The lowest BCUT2D eigenvalue weighted by Gasteiger charge is -2.05. The third-order valence-electron chi connectivity index (χ3n) is 1.95. The molecular weight excluding hydrogens is 198 g/mol. The predicted molar refractivity (Wildman–Crippen MR) is 54.7 cm³/mol. The van der Waals surface area contributed by atoms with Gasteiger partial charge in [-0.2, -0.15) is 5.26 Å². The number of carboxylic acid groups (broad SMARTS) is 1. The number of carbonyl (C=O) groups is 1. The third-order valence-corrected chi connectivity index (χ3v) is 2.37. The first-order valence-electron chi connectivity index (χ1n) is 4.09. The van der Waals surface area contributed by atoms with E-state index in [9.17, 15) is 4.79 Å². The van der Waals surface area contributed by atoms with Gasteiger partial charge in [0.2, 0.25) is 0 Å². The first-order valence-corrected chi connectivity index (χ1v) is 4.54. The van der Waals surface area contributed by atoms with E-state index in [0.29, 0.717) is 11.3 Å². The molecule has 0 aliphatic carbocycles. The molecule has 0 aromatic heterocycles. The summed E-state index contributed by atoms with van der Waals surface area (Å²) in [4.78, 5) is 11.4. The molecule has 0 fully saturated rings. The number of aromatic carboxylic acids is 1. The van der Waals surface area contributed by atoms with Gasteiger partial charge in [-0.15, -0.1) is 12.6 Å². The second-order valence-electron chi connectivity index (χ2n) is 2.80. The Morgan fingerprint density at radius 2 is 2.29 bits per heavy atom. The molecule has 0 aliphatic rings. The first-order chi connectivity index (χ1) is 6.60. The minimum absolute atomic E-state index is 0.0437. The van der Waals surface area contributed by atoms with Crippen molar-refractivity contribution in [3.8, 4) is 6.07 Å². The number of hydrogen-bond acceptors (Lipinski definition) is 3. The van der Waals surface area contributed by atoms with E-state index in [0.717, 1.165) is 5.56 Å². The van der Waals surface area contributed by atoms with Gasteiger partial charge in [0, 0.05) is 4.90 Å². The van der Waals surface area contributed by atoms with Crippen LogP contribution in [-0.4, -0.2) is 11.1 Å². The number of rotatable bonds is 2. The summed E-state index contributed by atoms with van der Waals surface area (Å²) < 4.78 is 0. The van der Waals surface area contributed by atoms with Gasteiger partial charge in [0.05, 0.1) is 11.1 Å². The highest BCUT2D eigenvalue weighted by molar-refractivity contribution is 7.80.